The van der Waals surface area contributed by atoms with Crippen LogP contribution in [0, 0.1) is 5.82 Å². The van der Waals surface area contributed by atoms with Crippen LogP contribution in [0.2, 0.25) is 0 Å². The molecule has 0 radical (unpaired) electrons. The van der Waals surface area contributed by atoms with Crippen LogP contribution in [0.3, 0.4) is 0 Å². The van der Waals surface area contributed by atoms with Gasteiger partial charge in [-0.1, -0.05) is 30.3 Å². The third-order valence-electron chi connectivity index (χ3n) is 5.94. The lowest BCUT2D eigenvalue weighted by Crippen LogP contribution is -2.47. The smallest absolute Gasteiger partial charge is 0.253 e. The second-order valence-corrected chi connectivity index (χ2v) is 10.5. The van der Waals surface area contributed by atoms with E-state index >= 15 is 0 Å². The van der Waals surface area contributed by atoms with Gasteiger partial charge in [-0.25, -0.2) is 4.39 Å². The molecule has 2 aromatic carbocycles. The number of pyridine rings is 1. The summed E-state index contributed by atoms with van der Waals surface area (Å²) >= 11 is 0. The van der Waals surface area contributed by atoms with Gasteiger partial charge in [0, 0.05) is 36.5 Å². The van der Waals surface area contributed by atoms with Crippen molar-refractivity contribution in [2.45, 2.75) is 64.5 Å². The molecule has 0 saturated carbocycles. The molecule has 0 saturated heterocycles. The van der Waals surface area contributed by atoms with Gasteiger partial charge in [0.25, 0.3) is 5.91 Å². The number of nitrogens with one attached hydrogen (secondary N) is 3. The van der Waals surface area contributed by atoms with E-state index in [0.717, 1.165) is 10.9 Å². The number of Topliss-reactive ketones (excluding diaryl/α,β-unsaturated/α-hetero) is 1. The number of carbonyl (C=O) groups is 4. The number of amides is 3. The predicted molar refractivity (Wildman–Crippen MR) is 147 cm³/mol. The van der Waals surface area contributed by atoms with Crippen molar-refractivity contribution in [1.29, 1.82) is 0 Å². The summed E-state index contributed by atoms with van der Waals surface area (Å²) in [5.41, 5.74) is 1.35. The first-order valence-corrected chi connectivity index (χ1v) is 13.0. The van der Waals surface area contributed by atoms with Gasteiger partial charge in [-0.05, 0) is 63.4 Å². The van der Waals surface area contributed by atoms with Crippen LogP contribution < -0.4 is 16.0 Å². The molecule has 0 fully saturated rings. The number of ketones is 1. The van der Waals surface area contributed by atoms with E-state index in [0.29, 0.717) is 23.9 Å². The summed E-state index contributed by atoms with van der Waals surface area (Å²) in [5.74, 6) is -1.67. The highest BCUT2D eigenvalue weighted by Crippen LogP contribution is 2.16. The van der Waals surface area contributed by atoms with Crippen LogP contribution in [-0.2, 0) is 20.8 Å². The molecular weight excluding hydrogens is 499 g/mol. The fourth-order valence-electron chi connectivity index (χ4n) is 4.10. The van der Waals surface area contributed by atoms with Crippen LogP contribution in [0.4, 0.5) is 4.39 Å². The topological polar surface area (TPSA) is 117 Å². The number of aromatic nitrogens is 1. The Morgan fingerprint density at radius 1 is 0.923 bits per heavy atom. The number of hydrogen-bond donors (Lipinski definition) is 3. The molecule has 0 aliphatic carbocycles. The third-order valence-corrected chi connectivity index (χ3v) is 5.94. The zero-order valence-corrected chi connectivity index (χ0v) is 22.6. The fraction of sp³-hybridized carbons (Fsp3) is 0.367. The van der Waals surface area contributed by atoms with Gasteiger partial charge in [-0.2, -0.15) is 0 Å². The first kappa shape index (κ1) is 29.4. The van der Waals surface area contributed by atoms with Crippen molar-refractivity contribution in [3.63, 3.8) is 0 Å². The molecule has 206 valence electrons. The molecule has 3 rings (SSSR count). The lowest BCUT2D eigenvalue weighted by Gasteiger charge is -2.23. The molecule has 1 atom stereocenters. The SMILES string of the molecule is CC(C)(C)NC(=O)C[C@H](NC(=O)CCc1ccc(F)cc1)C(=O)CCCNC(=O)c1cccc2cccnc12. The Bertz CT molecular complexity index is 1310. The zero-order valence-electron chi connectivity index (χ0n) is 22.6. The maximum atomic E-state index is 13.1. The second kappa shape index (κ2) is 13.6. The van der Waals surface area contributed by atoms with E-state index < -0.39 is 11.6 Å². The van der Waals surface area contributed by atoms with Crippen molar-refractivity contribution in [3.8, 4) is 0 Å². The first-order valence-electron chi connectivity index (χ1n) is 13.0. The summed E-state index contributed by atoms with van der Waals surface area (Å²) in [7, 11) is 0. The molecular formula is C30H35FN4O4. The van der Waals surface area contributed by atoms with Gasteiger partial charge in [0.2, 0.25) is 11.8 Å². The van der Waals surface area contributed by atoms with Crippen LogP contribution in [0.1, 0.15) is 62.4 Å². The average molecular weight is 535 g/mol. The summed E-state index contributed by atoms with van der Waals surface area (Å²) in [5, 5.41) is 9.18. The fourth-order valence-corrected chi connectivity index (χ4v) is 4.10. The quantitative estimate of drug-likeness (QED) is 0.305. The van der Waals surface area contributed by atoms with Crippen LogP contribution in [0.25, 0.3) is 10.9 Å². The Morgan fingerprint density at radius 2 is 1.64 bits per heavy atom. The van der Waals surface area contributed by atoms with E-state index in [2.05, 4.69) is 20.9 Å². The molecule has 3 amide bonds. The van der Waals surface area contributed by atoms with Crippen LogP contribution in [0.15, 0.2) is 60.8 Å². The number of fused-ring (bicyclic) bond motifs is 1. The van der Waals surface area contributed by atoms with Gasteiger partial charge < -0.3 is 16.0 Å². The maximum absolute atomic E-state index is 13.1. The Balaban J connectivity index is 1.55. The van der Waals surface area contributed by atoms with Crippen molar-refractivity contribution >= 4 is 34.4 Å². The van der Waals surface area contributed by atoms with E-state index in [1.165, 1.54) is 12.1 Å². The number of carbonyl (C=O) groups excluding carboxylic acids is 4. The van der Waals surface area contributed by atoms with Crippen molar-refractivity contribution in [1.82, 2.24) is 20.9 Å². The Morgan fingerprint density at radius 3 is 2.36 bits per heavy atom. The van der Waals surface area contributed by atoms with Gasteiger partial charge >= 0.3 is 0 Å². The molecule has 0 aliphatic heterocycles. The number of aryl methyl sites for hydroxylation is 1. The molecule has 9 heteroatoms. The highest BCUT2D eigenvalue weighted by molar-refractivity contribution is 6.05. The van der Waals surface area contributed by atoms with Crippen LogP contribution >= 0.6 is 0 Å². The van der Waals surface area contributed by atoms with Crippen LogP contribution in [0.5, 0.6) is 0 Å². The van der Waals surface area contributed by atoms with Gasteiger partial charge in [0.1, 0.15) is 5.82 Å². The van der Waals surface area contributed by atoms with Crippen LogP contribution in [-0.4, -0.2) is 46.6 Å². The first-order chi connectivity index (χ1) is 18.5. The monoisotopic (exact) mass is 534 g/mol. The standard InChI is InChI=1S/C30H35FN4O4/c1-30(2,3)35-27(38)19-24(34-26(37)16-13-20-11-14-22(31)15-12-20)25(36)10-6-18-33-29(39)23-9-4-7-21-8-5-17-32-28(21)23/h4-5,7-9,11-12,14-15,17,24H,6,10,13,16,18-19H2,1-3H3,(H,33,39)(H,34,37)(H,35,38)/t24-/m0/s1. The third kappa shape index (κ3) is 9.59. The number of hydrogen-bond acceptors (Lipinski definition) is 5. The Kier molecular flexibility index (Phi) is 10.3. The molecule has 0 unspecified atom stereocenters. The molecule has 3 N–H and O–H groups in total. The maximum Gasteiger partial charge on any atom is 0.253 e. The zero-order chi connectivity index (χ0) is 28.4. The molecule has 3 aromatic rings. The number of rotatable bonds is 12. The molecule has 8 nitrogen and oxygen atoms in total. The van der Waals surface area contributed by atoms with Crippen molar-refractivity contribution in [2.75, 3.05) is 6.54 Å². The molecule has 0 bridgehead atoms. The van der Waals surface area contributed by atoms with Gasteiger partial charge in [0.05, 0.1) is 23.5 Å². The number of halogens is 1. The summed E-state index contributed by atoms with van der Waals surface area (Å²) in [6, 6.07) is 13.9. The summed E-state index contributed by atoms with van der Waals surface area (Å²) in [6.45, 7) is 5.73. The minimum Gasteiger partial charge on any atom is -0.352 e. The average Bonchev–Trinajstić information content (AvgIpc) is 2.88. The number of nitrogens with zero attached hydrogens (tertiary/aromatic N) is 1. The van der Waals surface area contributed by atoms with E-state index in [9.17, 15) is 23.6 Å². The molecule has 0 aliphatic rings. The predicted octanol–water partition coefficient (Wildman–Crippen LogP) is 3.88. The summed E-state index contributed by atoms with van der Waals surface area (Å²) < 4.78 is 13.1. The largest absolute Gasteiger partial charge is 0.352 e. The van der Waals surface area contributed by atoms with Crippen molar-refractivity contribution in [3.05, 3.63) is 77.7 Å². The summed E-state index contributed by atoms with van der Waals surface area (Å²) in [6.07, 6.45) is 2.31. The lowest BCUT2D eigenvalue weighted by atomic mass is 10.0. The number of benzene rings is 2. The minimum atomic E-state index is -0.994. The summed E-state index contributed by atoms with van der Waals surface area (Å²) in [4.78, 5) is 55.2. The molecule has 0 spiro atoms. The number of para-hydroxylation sites is 1. The normalized spacial score (nSPS) is 12.0. The highest BCUT2D eigenvalue weighted by Gasteiger charge is 2.25. The van der Waals surface area contributed by atoms with E-state index in [-0.39, 0.29) is 55.1 Å². The lowest BCUT2D eigenvalue weighted by molar-refractivity contribution is -0.131. The van der Waals surface area contributed by atoms with Crippen molar-refractivity contribution in [2.24, 2.45) is 0 Å². The molecule has 1 aromatic heterocycles. The van der Waals surface area contributed by atoms with Gasteiger partial charge in [0.15, 0.2) is 5.78 Å². The van der Waals surface area contributed by atoms with Gasteiger partial charge in [-0.3, -0.25) is 24.2 Å². The molecule has 1 heterocycles. The van der Waals surface area contributed by atoms with Gasteiger partial charge in [-0.15, -0.1) is 0 Å². The van der Waals surface area contributed by atoms with E-state index in [1.807, 2.05) is 32.9 Å². The Hall–Kier alpha value is -4.14. The van der Waals surface area contributed by atoms with E-state index in [4.69, 9.17) is 0 Å². The second-order valence-electron chi connectivity index (χ2n) is 10.5. The minimum absolute atomic E-state index is 0.0692. The van der Waals surface area contributed by atoms with E-state index in [1.54, 1.807) is 36.5 Å². The highest BCUT2D eigenvalue weighted by atomic mass is 19.1. The van der Waals surface area contributed by atoms with Crippen molar-refractivity contribution < 1.29 is 23.6 Å². The Labute approximate surface area is 227 Å². The molecule has 39 heavy (non-hydrogen) atoms.